The summed E-state index contributed by atoms with van der Waals surface area (Å²) >= 11 is 0. The second kappa shape index (κ2) is 5.50. The number of aryl methyl sites for hydroxylation is 1. The Hall–Kier alpha value is -1.36. The van der Waals surface area contributed by atoms with E-state index in [2.05, 4.69) is 9.88 Å². The van der Waals surface area contributed by atoms with E-state index in [0.29, 0.717) is 6.42 Å². The maximum Gasteiger partial charge on any atom is 0.109 e. The van der Waals surface area contributed by atoms with E-state index in [-0.39, 0.29) is 5.84 Å². The van der Waals surface area contributed by atoms with Crippen LogP contribution in [-0.4, -0.2) is 40.4 Å². The molecule has 1 heterocycles. The molecular formula is C10H19N5. The molecule has 5 heteroatoms. The average molecular weight is 209 g/mol. The van der Waals surface area contributed by atoms with Crippen LogP contribution in [0.4, 0.5) is 0 Å². The van der Waals surface area contributed by atoms with E-state index in [1.165, 1.54) is 0 Å². The van der Waals surface area contributed by atoms with Crippen LogP contribution in [0.5, 0.6) is 0 Å². The Morgan fingerprint density at radius 3 is 2.87 bits per heavy atom. The highest BCUT2D eigenvalue weighted by Gasteiger charge is 2.03. The van der Waals surface area contributed by atoms with Crippen LogP contribution in [-0.2, 0) is 13.5 Å². The average Bonchev–Trinajstić information content (AvgIpc) is 2.58. The molecule has 0 aliphatic heterocycles. The van der Waals surface area contributed by atoms with Crippen LogP contribution >= 0.6 is 0 Å². The summed E-state index contributed by atoms with van der Waals surface area (Å²) in [6, 6.07) is 0. The van der Waals surface area contributed by atoms with Gasteiger partial charge in [-0.15, -0.1) is 0 Å². The molecule has 15 heavy (non-hydrogen) atoms. The zero-order valence-electron chi connectivity index (χ0n) is 9.40. The van der Waals surface area contributed by atoms with Crippen LogP contribution in [0, 0.1) is 5.41 Å². The van der Waals surface area contributed by atoms with Gasteiger partial charge in [-0.25, -0.2) is 4.98 Å². The molecule has 0 saturated carbocycles. The number of nitrogens with zero attached hydrogens (tertiary/aromatic N) is 3. The lowest BCUT2D eigenvalue weighted by molar-refractivity contribution is 0.344. The van der Waals surface area contributed by atoms with Crippen molar-refractivity contribution in [2.45, 2.75) is 12.8 Å². The Morgan fingerprint density at radius 2 is 2.33 bits per heavy atom. The molecule has 1 rings (SSSR count). The quantitative estimate of drug-likeness (QED) is 0.520. The van der Waals surface area contributed by atoms with Gasteiger partial charge in [0.05, 0.1) is 5.84 Å². The van der Waals surface area contributed by atoms with Gasteiger partial charge in [0.1, 0.15) is 5.82 Å². The van der Waals surface area contributed by atoms with E-state index in [4.69, 9.17) is 11.1 Å². The Morgan fingerprint density at radius 1 is 1.60 bits per heavy atom. The van der Waals surface area contributed by atoms with Crippen LogP contribution in [0.1, 0.15) is 12.2 Å². The number of amidine groups is 1. The first-order chi connectivity index (χ1) is 7.09. The third kappa shape index (κ3) is 4.12. The number of nitrogens with one attached hydrogen (secondary N) is 1. The molecule has 0 amide bonds. The maximum absolute atomic E-state index is 7.13. The summed E-state index contributed by atoms with van der Waals surface area (Å²) in [4.78, 5) is 6.42. The van der Waals surface area contributed by atoms with Gasteiger partial charge in [0.2, 0.25) is 0 Å². The molecule has 0 aliphatic rings. The van der Waals surface area contributed by atoms with Crippen molar-refractivity contribution in [1.82, 2.24) is 14.5 Å². The Labute approximate surface area is 90.4 Å². The minimum Gasteiger partial charge on any atom is -0.388 e. The molecule has 1 aromatic heterocycles. The zero-order valence-corrected chi connectivity index (χ0v) is 9.40. The molecule has 0 radical (unpaired) electrons. The van der Waals surface area contributed by atoms with Crippen LogP contribution in [0.3, 0.4) is 0 Å². The highest BCUT2D eigenvalue weighted by atomic mass is 15.1. The molecule has 0 spiro atoms. The molecule has 1 aromatic rings. The standard InChI is InChI=1S/C10H19N5/c1-14(6-3-9(11)12)7-4-10-13-5-8-15(10)2/h5,8H,3-4,6-7H2,1-2H3,(H3,11,12). The minimum absolute atomic E-state index is 0.249. The van der Waals surface area contributed by atoms with E-state index < -0.39 is 0 Å². The van der Waals surface area contributed by atoms with Crippen molar-refractivity contribution >= 4 is 5.84 Å². The topological polar surface area (TPSA) is 70.9 Å². The first kappa shape index (κ1) is 11.7. The van der Waals surface area contributed by atoms with Gasteiger partial charge in [-0.1, -0.05) is 0 Å². The third-order valence-corrected chi connectivity index (χ3v) is 2.40. The summed E-state index contributed by atoms with van der Waals surface area (Å²) in [7, 11) is 4.03. The SMILES string of the molecule is CN(CCC(=N)N)CCc1nccn1C. The molecule has 5 nitrogen and oxygen atoms in total. The normalized spacial score (nSPS) is 10.9. The summed E-state index contributed by atoms with van der Waals surface area (Å²) in [5.41, 5.74) is 5.30. The van der Waals surface area contributed by atoms with E-state index in [9.17, 15) is 0 Å². The lowest BCUT2D eigenvalue weighted by atomic mass is 10.3. The van der Waals surface area contributed by atoms with E-state index in [0.717, 1.165) is 25.3 Å². The first-order valence-electron chi connectivity index (χ1n) is 5.07. The molecule has 0 aromatic carbocycles. The van der Waals surface area contributed by atoms with Crippen LogP contribution in [0.25, 0.3) is 0 Å². The third-order valence-electron chi connectivity index (χ3n) is 2.40. The molecule has 0 saturated heterocycles. The van der Waals surface area contributed by atoms with Crippen LogP contribution < -0.4 is 5.73 Å². The molecule has 0 unspecified atom stereocenters. The van der Waals surface area contributed by atoms with Gasteiger partial charge in [-0.2, -0.15) is 0 Å². The Bertz CT molecular complexity index is 317. The van der Waals surface area contributed by atoms with E-state index in [1.54, 1.807) is 0 Å². The van der Waals surface area contributed by atoms with E-state index in [1.807, 2.05) is 31.1 Å². The van der Waals surface area contributed by atoms with Gasteiger partial charge < -0.3 is 15.2 Å². The highest BCUT2D eigenvalue weighted by Crippen LogP contribution is 1.97. The first-order valence-corrected chi connectivity index (χ1v) is 5.07. The molecule has 84 valence electrons. The number of aromatic nitrogens is 2. The fourth-order valence-electron chi connectivity index (χ4n) is 1.35. The highest BCUT2D eigenvalue weighted by molar-refractivity contribution is 5.76. The monoisotopic (exact) mass is 209 g/mol. The lowest BCUT2D eigenvalue weighted by Gasteiger charge is -2.15. The van der Waals surface area contributed by atoms with Crippen LogP contribution in [0.15, 0.2) is 12.4 Å². The van der Waals surface area contributed by atoms with Crippen molar-refractivity contribution in [2.75, 3.05) is 20.1 Å². The molecular weight excluding hydrogens is 190 g/mol. The second-order valence-corrected chi connectivity index (χ2v) is 3.78. The van der Waals surface area contributed by atoms with Crippen molar-refractivity contribution in [3.05, 3.63) is 18.2 Å². The number of hydrogen-bond donors (Lipinski definition) is 2. The number of nitrogens with two attached hydrogens (primary N) is 1. The van der Waals surface area contributed by atoms with Gasteiger partial charge in [-0.05, 0) is 7.05 Å². The van der Waals surface area contributed by atoms with Gasteiger partial charge in [0.25, 0.3) is 0 Å². The maximum atomic E-state index is 7.13. The van der Waals surface area contributed by atoms with Gasteiger partial charge in [0, 0.05) is 45.4 Å². The van der Waals surface area contributed by atoms with Gasteiger partial charge >= 0.3 is 0 Å². The van der Waals surface area contributed by atoms with Gasteiger partial charge in [-0.3, -0.25) is 5.41 Å². The van der Waals surface area contributed by atoms with Crippen molar-refractivity contribution in [2.24, 2.45) is 12.8 Å². The Kier molecular flexibility index (Phi) is 4.30. The summed E-state index contributed by atoms with van der Waals surface area (Å²) in [5, 5.41) is 7.13. The minimum atomic E-state index is 0.249. The molecule has 0 fully saturated rings. The molecule has 0 atom stereocenters. The summed E-state index contributed by atoms with van der Waals surface area (Å²) in [6.07, 6.45) is 5.32. The van der Waals surface area contributed by atoms with Crippen molar-refractivity contribution in [1.29, 1.82) is 5.41 Å². The Balaban J connectivity index is 2.25. The second-order valence-electron chi connectivity index (χ2n) is 3.78. The van der Waals surface area contributed by atoms with Crippen molar-refractivity contribution < 1.29 is 0 Å². The van der Waals surface area contributed by atoms with Crippen LogP contribution in [0.2, 0.25) is 0 Å². The van der Waals surface area contributed by atoms with Crippen molar-refractivity contribution in [3.8, 4) is 0 Å². The fraction of sp³-hybridized carbons (Fsp3) is 0.600. The van der Waals surface area contributed by atoms with Crippen molar-refractivity contribution in [3.63, 3.8) is 0 Å². The number of likely N-dealkylation sites (N-methyl/N-ethyl adjacent to an activating group) is 1. The predicted octanol–water partition coefficient (Wildman–Crippen LogP) is 0.220. The predicted molar refractivity (Wildman–Crippen MR) is 60.9 cm³/mol. The summed E-state index contributed by atoms with van der Waals surface area (Å²) < 4.78 is 2.03. The fourth-order valence-corrected chi connectivity index (χ4v) is 1.35. The molecule has 0 bridgehead atoms. The smallest absolute Gasteiger partial charge is 0.109 e. The number of rotatable bonds is 6. The zero-order chi connectivity index (χ0) is 11.3. The molecule has 3 N–H and O–H groups in total. The number of imidazole rings is 1. The lowest BCUT2D eigenvalue weighted by Crippen LogP contribution is -2.26. The summed E-state index contributed by atoms with van der Waals surface area (Å²) in [5.74, 6) is 1.34. The van der Waals surface area contributed by atoms with Gasteiger partial charge in [0.15, 0.2) is 0 Å². The number of hydrogen-bond acceptors (Lipinski definition) is 3. The molecule has 0 aliphatic carbocycles. The summed E-state index contributed by atoms with van der Waals surface area (Å²) in [6.45, 7) is 1.78. The largest absolute Gasteiger partial charge is 0.388 e. The van der Waals surface area contributed by atoms with E-state index >= 15 is 0 Å².